The van der Waals surface area contributed by atoms with Gasteiger partial charge in [-0.05, 0) is 0 Å². The summed E-state index contributed by atoms with van der Waals surface area (Å²) in [7, 11) is 0. The summed E-state index contributed by atoms with van der Waals surface area (Å²) < 4.78 is 0.481. The van der Waals surface area contributed by atoms with Crippen LogP contribution in [0.2, 0.25) is 5.15 Å². The van der Waals surface area contributed by atoms with Crippen LogP contribution in [-0.4, -0.2) is 9.97 Å². The molecule has 0 radical (unpaired) electrons. The maximum absolute atomic E-state index is 5.46. The first-order valence-electron chi connectivity index (χ1n) is 2.00. The molecule has 4 heteroatoms. The summed E-state index contributed by atoms with van der Waals surface area (Å²) in [5.41, 5.74) is 0. The Labute approximate surface area is 56.5 Å². The Hall–Kier alpha value is -0.410. The van der Waals surface area contributed by atoms with E-state index in [0.29, 0.717) is 9.79 Å². The summed E-state index contributed by atoms with van der Waals surface area (Å²) in [6.45, 7) is 0. The van der Waals surface area contributed by atoms with Crippen LogP contribution in [0.3, 0.4) is 0 Å². The minimum Gasteiger partial charge on any atom is -0.349 e. The molecule has 1 rings (SSSR count). The Bertz CT molecular complexity index is 231. The van der Waals surface area contributed by atoms with Gasteiger partial charge in [0, 0.05) is 12.4 Å². The highest BCUT2D eigenvalue weighted by Gasteiger charge is 1.84. The molecule has 0 saturated carbocycles. The minimum absolute atomic E-state index is 0.350. The van der Waals surface area contributed by atoms with Crippen LogP contribution in [0.4, 0.5) is 0 Å². The van der Waals surface area contributed by atoms with E-state index >= 15 is 0 Å². The Morgan fingerprint density at radius 2 is 2.50 bits per heavy atom. The van der Waals surface area contributed by atoms with Gasteiger partial charge in [0.05, 0.1) is 0 Å². The number of H-pyrrole nitrogens is 1. The van der Waals surface area contributed by atoms with Crippen molar-refractivity contribution in [3.63, 3.8) is 0 Å². The predicted octanol–water partition coefficient (Wildman–Crippen LogP) is 1.79. The van der Waals surface area contributed by atoms with E-state index in [2.05, 4.69) is 9.97 Å². The van der Waals surface area contributed by atoms with Gasteiger partial charge in [0.1, 0.15) is 4.64 Å². The maximum atomic E-state index is 5.46. The molecule has 42 valence electrons. The van der Waals surface area contributed by atoms with E-state index in [1.807, 2.05) is 0 Å². The molecule has 0 aliphatic heterocycles. The van der Waals surface area contributed by atoms with Crippen molar-refractivity contribution in [2.75, 3.05) is 0 Å². The van der Waals surface area contributed by atoms with Gasteiger partial charge in [-0.1, -0.05) is 23.8 Å². The number of aromatic nitrogens is 2. The van der Waals surface area contributed by atoms with E-state index in [4.69, 9.17) is 23.8 Å². The van der Waals surface area contributed by atoms with Crippen LogP contribution in [0.15, 0.2) is 12.4 Å². The predicted molar refractivity (Wildman–Crippen MR) is 34.4 cm³/mol. The number of halogens is 1. The van der Waals surface area contributed by atoms with Gasteiger partial charge in [-0.3, -0.25) is 0 Å². The molecule has 0 spiro atoms. The molecule has 0 saturated heterocycles. The summed E-state index contributed by atoms with van der Waals surface area (Å²) in [4.78, 5) is 6.43. The summed E-state index contributed by atoms with van der Waals surface area (Å²) in [5, 5.41) is 0.350. The third-order valence-electron chi connectivity index (χ3n) is 0.664. The average molecular weight is 147 g/mol. The summed E-state index contributed by atoms with van der Waals surface area (Å²) in [6, 6.07) is 0. The third-order valence-corrected chi connectivity index (χ3v) is 1.37. The SMILES string of the molecule is S=c1[nH]ccnc1Cl. The lowest BCUT2D eigenvalue weighted by molar-refractivity contribution is 1.18. The fourth-order valence-corrected chi connectivity index (χ4v) is 0.565. The molecule has 0 aromatic carbocycles. The Morgan fingerprint density at radius 1 is 1.75 bits per heavy atom. The van der Waals surface area contributed by atoms with Crippen LogP contribution in [-0.2, 0) is 0 Å². The standard InChI is InChI=1S/C4H3ClN2S/c5-3-4(8)7-2-1-6-3/h1-2H,(H,7,8). The van der Waals surface area contributed by atoms with E-state index in [1.54, 1.807) is 12.4 Å². The van der Waals surface area contributed by atoms with E-state index in [0.717, 1.165) is 0 Å². The van der Waals surface area contributed by atoms with Crippen LogP contribution < -0.4 is 0 Å². The zero-order valence-corrected chi connectivity index (χ0v) is 5.46. The fourth-order valence-electron chi connectivity index (χ4n) is 0.334. The second-order valence-electron chi connectivity index (χ2n) is 1.21. The molecule has 0 aliphatic rings. The first-order chi connectivity index (χ1) is 3.80. The first-order valence-corrected chi connectivity index (χ1v) is 2.78. The Kier molecular flexibility index (Phi) is 1.60. The number of hydrogen-bond donors (Lipinski definition) is 1. The van der Waals surface area contributed by atoms with E-state index in [-0.39, 0.29) is 0 Å². The lowest BCUT2D eigenvalue weighted by Gasteiger charge is -1.83. The molecule has 1 aromatic heterocycles. The van der Waals surface area contributed by atoms with Crippen LogP contribution in [0.5, 0.6) is 0 Å². The van der Waals surface area contributed by atoms with Crippen molar-refractivity contribution in [3.05, 3.63) is 22.2 Å². The number of nitrogens with one attached hydrogen (secondary N) is 1. The van der Waals surface area contributed by atoms with Gasteiger partial charge >= 0.3 is 0 Å². The van der Waals surface area contributed by atoms with Crippen molar-refractivity contribution in [3.8, 4) is 0 Å². The third kappa shape index (κ3) is 1.05. The van der Waals surface area contributed by atoms with Crippen molar-refractivity contribution >= 4 is 23.8 Å². The molecule has 0 atom stereocenters. The molecular weight excluding hydrogens is 144 g/mol. The molecule has 1 N–H and O–H groups in total. The van der Waals surface area contributed by atoms with E-state index in [1.165, 1.54) is 0 Å². The molecule has 0 bridgehead atoms. The van der Waals surface area contributed by atoms with E-state index < -0.39 is 0 Å². The van der Waals surface area contributed by atoms with Crippen molar-refractivity contribution < 1.29 is 0 Å². The van der Waals surface area contributed by atoms with Gasteiger partial charge in [-0.25, -0.2) is 4.98 Å². The first kappa shape index (κ1) is 5.72. The quantitative estimate of drug-likeness (QED) is 0.566. The maximum Gasteiger partial charge on any atom is 0.163 e. The van der Waals surface area contributed by atoms with Gasteiger partial charge in [-0.2, -0.15) is 0 Å². The fraction of sp³-hybridized carbons (Fsp3) is 0. The van der Waals surface area contributed by atoms with E-state index in [9.17, 15) is 0 Å². The molecular formula is C4H3ClN2S. The van der Waals surface area contributed by atoms with Crippen LogP contribution >= 0.6 is 23.8 Å². The minimum atomic E-state index is 0.350. The molecule has 0 unspecified atom stereocenters. The zero-order valence-electron chi connectivity index (χ0n) is 3.89. The molecule has 0 amide bonds. The number of nitrogens with zero attached hydrogens (tertiary/aromatic N) is 1. The monoisotopic (exact) mass is 146 g/mol. The number of aromatic amines is 1. The zero-order chi connectivity index (χ0) is 5.98. The lowest BCUT2D eigenvalue weighted by atomic mass is 10.8. The molecule has 8 heavy (non-hydrogen) atoms. The normalized spacial score (nSPS) is 9.12. The van der Waals surface area contributed by atoms with Gasteiger partial charge < -0.3 is 4.98 Å². The van der Waals surface area contributed by atoms with Crippen molar-refractivity contribution in [1.29, 1.82) is 0 Å². The van der Waals surface area contributed by atoms with Gasteiger partial charge in [0.15, 0.2) is 5.15 Å². The Morgan fingerprint density at radius 3 is 2.88 bits per heavy atom. The second kappa shape index (κ2) is 2.24. The molecule has 1 heterocycles. The summed E-state index contributed by atoms with van der Waals surface area (Å²) in [6.07, 6.45) is 3.19. The van der Waals surface area contributed by atoms with Gasteiger partial charge in [-0.15, -0.1) is 0 Å². The topological polar surface area (TPSA) is 28.7 Å². The van der Waals surface area contributed by atoms with Crippen molar-refractivity contribution in [2.45, 2.75) is 0 Å². The Balaban J connectivity index is 3.35. The average Bonchev–Trinajstić information content (AvgIpc) is 1.77. The highest BCUT2D eigenvalue weighted by Crippen LogP contribution is 2.00. The summed E-state index contributed by atoms with van der Waals surface area (Å²) >= 11 is 10.2. The summed E-state index contributed by atoms with van der Waals surface area (Å²) in [5.74, 6) is 0. The van der Waals surface area contributed by atoms with Crippen LogP contribution in [0, 0.1) is 4.64 Å². The molecule has 0 aliphatic carbocycles. The molecule has 2 nitrogen and oxygen atoms in total. The number of hydrogen-bond acceptors (Lipinski definition) is 2. The van der Waals surface area contributed by atoms with Crippen molar-refractivity contribution in [1.82, 2.24) is 9.97 Å². The van der Waals surface area contributed by atoms with Crippen LogP contribution in [0.25, 0.3) is 0 Å². The molecule has 1 aromatic rings. The highest BCUT2D eigenvalue weighted by molar-refractivity contribution is 7.71. The van der Waals surface area contributed by atoms with Gasteiger partial charge in [0.25, 0.3) is 0 Å². The van der Waals surface area contributed by atoms with Crippen LogP contribution in [0.1, 0.15) is 0 Å². The van der Waals surface area contributed by atoms with Gasteiger partial charge in [0.2, 0.25) is 0 Å². The van der Waals surface area contributed by atoms with Crippen molar-refractivity contribution in [2.24, 2.45) is 0 Å². The second-order valence-corrected chi connectivity index (χ2v) is 1.98. The molecule has 0 fully saturated rings. The largest absolute Gasteiger partial charge is 0.349 e. The lowest BCUT2D eigenvalue weighted by Crippen LogP contribution is -1.76. The number of rotatable bonds is 0. The highest BCUT2D eigenvalue weighted by atomic mass is 35.5. The smallest absolute Gasteiger partial charge is 0.163 e.